The number of halogens is 1. The molecule has 0 heterocycles. The Balaban J connectivity index is -0.000000173. The molecule has 72 valence electrons. The molecule has 4 nitrogen and oxygen atoms in total. The van der Waals surface area contributed by atoms with Crippen molar-refractivity contribution >= 4 is 75.9 Å². The van der Waals surface area contributed by atoms with E-state index in [0.717, 1.165) is 0 Å². The molecule has 0 aliphatic carbocycles. The van der Waals surface area contributed by atoms with Gasteiger partial charge in [-0.2, -0.15) is 0 Å². The summed E-state index contributed by atoms with van der Waals surface area (Å²) in [6, 6.07) is 0. The van der Waals surface area contributed by atoms with E-state index in [1.807, 2.05) is 0 Å². The molecule has 13 heavy (non-hydrogen) atoms. The number of aliphatic hydroxyl groups excluding tert-OH is 2. The number of hydrogen-bond acceptors (Lipinski definition) is 2. The Kier molecular flexibility index (Phi) is 18.2. The van der Waals surface area contributed by atoms with Crippen LogP contribution in [0.1, 0.15) is 0 Å². The number of aliphatic hydroxyl groups is 2. The minimum absolute atomic E-state index is 0. The number of hydrogen-bond donors (Lipinski definition) is 4. The van der Waals surface area contributed by atoms with Crippen molar-refractivity contribution in [2.24, 2.45) is 5.73 Å². The first kappa shape index (κ1) is 19.1. The zero-order chi connectivity index (χ0) is 10.1. The van der Waals surface area contributed by atoms with Crippen molar-refractivity contribution in [2.75, 3.05) is 6.54 Å². The third-order valence-electron chi connectivity index (χ3n) is 0.431. The van der Waals surface area contributed by atoms with Crippen LogP contribution in [-0.2, 0) is 0 Å². The van der Waals surface area contributed by atoms with Gasteiger partial charge in [-0.05, 0) is 24.4 Å². The van der Waals surface area contributed by atoms with Gasteiger partial charge in [0, 0.05) is 5.03 Å². The molecule has 0 saturated carbocycles. The first-order valence-electron chi connectivity index (χ1n) is 2.64. The summed E-state index contributed by atoms with van der Waals surface area (Å²) in [7, 11) is 0. The van der Waals surface area contributed by atoms with Gasteiger partial charge in [0.2, 0.25) is 0 Å². The predicted molar refractivity (Wildman–Crippen MR) is 64.8 cm³/mol. The van der Waals surface area contributed by atoms with Gasteiger partial charge in [0.25, 0.3) is 10.3 Å². The van der Waals surface area contributed by atoms with Gasteiger partial charge in [-0.15, -0.1) is 0 Å². The number of rotatable bonds is 2. The zero-order valence-electron chi connectivity index (χ0n) is 6.08. The fourth-order valence-corrected chi connectivity index (χ4v) is 0.311. The molecule has 0 aromatic rings. The summed E-state index contributed by atoms with van der Waals surface area (Å²) >= 11 is 13.4. The molecule has 8 heteroatoms. The van der Waals surface area contributed by atoms with E-state index < -0.39 is 5.17 Å². The first-order valence-corrected chi connectivity index (χ1v) is 3.84. The number of thiocarbonyl (C=S) groups is 2. The van der Waals surface area contributed by atoms with Gasteiger partial charge in [0.05, 0.1) is 6.54 Å². The van der Waals surface area contributed by atoms with Gasteiger partial charge >= 0.3 is 29.6 Å². The Bertz CT molecular complexity index is 173. The molecule has 5 N–H and O–H groups in total. The standard InChI is InChI=1S/C4H6ClNOS.CH3NOS.Na.H/c1-3(5)2-6-4(7)8;2-1(3)4;;/h1-2H2,(H2,6,7,8);(H3,2,3,4);;. The van der Waals surface area contributed by atoms with Crippen LogP contribution in [0.4, 0.5) is 0 Å². The SMILES string of the molecule is C=C(Cl)CNC(O)=S.NC(O)=S.[NaH]. The topological polar surface area (TPSA) is 78.5 Å². The average molecular weight is 253 g/mol. The van der Waals surface area contributed by atoms with Gasteiger partial charge in [0.1, 0.15) is 0 Å². The van der Waals surface area contributed by atoms with E-state index >= 15 is 0 Å². The molecule has 0 aromatic carbocycles. The summed E-state index contributed by atoms with van der Waals surface area (Å²) in [6.45, 7) is 3.68. The Hall–Kier alpha value is 0.410. The number of nitrogens with two attached hydrogens (primary N) is 1. The van der Waals surface area contributed by atoms with Crippen LogP contribution in [0.25, 0.3) is 0 Å². The molecule has 0 fully saturated rings. The van der Waals surface area contributed by atoms with E-state index in [9.17, 15) is 0 Å². The molecule has 0 aliphatic rings. The molecular formula is C5H10ClN2NaO2S2. The second-order valence-electron chi connectivity index (χ2n) is 1.51. The normalized spacial score (nSPS) is 6.85. The third kappa shape index (κ3) is 45.9. The van der Waals surface area contributed by atoms with Crippen LogP contribution >= 0.6 is 36.0 Å². The van der Waals surface area contributed by atoms with Gasteiger partial charge in [-0.25, -0.2) is 0 Å². The van der Waals surface area contributed by atoms with Crippen LogP contribution < -0.4 is 11.1 Å². The molecule has 0 saturated heterocycles. The average Bonchev–Trinajstić information content (AvgIpc) is 1.82. The van der Waals surface area contributed by atoms with Crippen LogP contribution in [0.3, 0.4) is 0 Å². The fraction of sp³-hybridized carbons (Fsp3) is 0.200. The van der Waals surface area contributed by atoms with Crippen LogP contribution in [0.5, 0.6) is 0 Å². The zero-order valence-corrected chi connectivity index (χ0v) is 8.47. The van der Waals surface area contributed by atoms with Crippen LogP contribution in [0.2, 0.25) is 0 Å². The summed E-state index contributed by atoms with van der Waals surface area (Å²) in [4.78, 5) is 0. The van der Waals surface area contributed by atoms with Crippen molar-refractivity contribution < 1.29 is 10.2 Å². The van der Waals surface area contributed by atoms with Crippen molar-refractivity contribution in [2.45, 2.75) is 0 Å². The number of nitrogens with one attached hydrogen (secondary N) is 1. The molecule has 0 atom stereocenters. The van der Waals surface area contributed by atoms with E-state index in [0.29, 0.717) is 11.6 Å². The molecule has 0 amide bonds. The summed E-state index contributed by atoms with van der Waals surface area (Å²) in [5.74, 6) is 0. The van der Waals surface area contributed by atoms with Crippen LogP contribution in [0, 0.1) is 0 Å². The van der Waals surface area contributed by atoms with Crippen molar-refractivity contribution in [1.29, 1.82) is 0 Å². The molecule has 0 unspecified atom stereocenters. The molecule has 0 aromatic heterocycles. The van der Waals surface area contributed by atoms with Crippen LogP contribution in [-0.4, -0.2) is 56.7 Å². The molecule has 0 bridgehead atoms. The van der Waals surface area contributed by atoms with Crippen LogP contribution in [0.15, 0.2) is 11.6 Å². The van der Waals surface area contributed by atoms with E-state index in [2.05, 4.69) is 42.1 Å². The van der Waals surface area contributed by atoms with E-state index in [1.54, 1.807) is 0 Å². The fourth-order valence-electron chi connectivity index (χ4n) is 0.172. The third-order valence-corrected chi connectivity index (χ3v) is 0.709. The Morgan fingerprint density at radius 1 is 1.46 bits per heavy atom. The van der Waals surface area contributed by atoms with E-state index in [-0.39, 0.29) is 34.7 Å². The Labute approximate surface area is 114 Å². The van der Waals surface area contributed by atoms with Crippen molar-refractivity contribution in [3.8, 4) is 0 Å². The Morgan fingerprint density at radius 2 is 1.77 bits per heavy atom. The first-order chi connectivity index (χ1) is 5.36. The Morgan fingerprint density at radius 3 is 1.85 bits per heavy atom. The second-order valence-corrected chi connectivity index (χ2v) is 2.85. The monoisotopic (exact) mass is 252 g/mol. The molecule has 0 aliphatic heterocycles. The molecule has 0 rings (SSSR count). The summed E-state index contributed by atoms with van der Waals surface area (Å²) in [6.07, 6.45) is 0. The van der Waals surface area contributed by atoms with Gasteiger partial charge in [-0.1, -0.05) is 18.2 Å². The summed E-state index contributed by atoms with van der Waals surface area (Å²) < 4.78 is 0. The molecular weight excluding hydrogens is 243 g/mol. The van der Waals surface area contributed by atoms with Gasteiger partial charge in [0.15, 0.2) is 0 Å². The van der Waals surface area contributed by atoms with Gasteiger partial charge < -0.3 is 21.3 Å². The van der Waals surface area contributed by atoms with Gasteiger partial charge in [-0.3, -0.25) is 0 Å². The quantitative estimate of drug-likeness (QED) is 0.419. The maximum absolute atomic E-state index is 8.32. The van der Waals surface area contributed by atoms with E-state index in [1.165, 1.54) is 0 Å². The van der Waals surface area contributed by atoms with Crippen molar-refractivity contribution in [1.82, 2.24) is 5.32 Å². The maximum atomic E-state index is 8.32. The van der Waals surface area contributed by atoms with Crippen molar-refractivity contribution in [3.63, 3.8) is 0 Å². The van der Waals surface area contributed by atoms with Crippen molar-refractivity contribution in [3.05, 3.63) is 11.6 Å². The second kappa shape index (κ2) is 12.4. The molecule has 0 radical (unpaired) electrons. The minimum atomic E-state index is -0.500. The molecule has 0 spiro atoms. The van der Waals surface area contributed by atoms with E-state index in [4.69, 9.17) is 21.8 Å². The summed E-state index contributed by atoms with van der Waals surface area (Å²) in [5, 5.41) is 17.9. The predicted octanol–water partition coefficient (Wildman–Crippen LogP) is 0.311. The summed E-state index contributed by atoms with van der Waals surface area (Å²) in [5.41, 5.74) is 4.40.